The van der Waals surface area contributed by atoms with E-state index in [0.717, 1.165) is 30.5 Å². The number of nitro benzene ring substituents is 1. The maximum Gasteiger partial charge on any atom is 0.293 e. The fourth-order valence-electron chi connectivity index (χ4n) is 3.54. The van der Waals surface area contributed by atoms with Gasteiger partial charge in [-0.2, -0.15) is 0 Å². The van der Waals surface area contributed by atoms with E-state index in [1.165, 1.54) is 11.6 Å². The fourth-order valence-corrected chi connectivity index (χ4v) is 3.54. The summed E-state index contributed by atoms with van der Waals surface area (Å²) >= 11 is 0. The maximum absolute atomic E-state index is 12.6. The van der Waals surface area contributed by atoms with Crippen molar-refractivity contribution in [1.82, 2.24) is 4.90 Å². The van der Waals surface area contributed by atoms with Crippen LogP contribution in [0.4, 0.5) is 11.4 Å². The van der Waals surface area contributed by atoms with E-state index >= 15 is 0 Å². The molecule has 1 aliphatic rings. The van der Waals surface area contributed by atoms with Crippen molar-refractivity contribution in [2.24, 2.45) is 0 Å². The molecule has 1 amide bonds. The lowest BCUT2D eigenvalue weighted by Crippen LogP contribution is -2.33. The number of benzene rings is 2. The zero-order valence-corrected chi connectivity index (χ0v) is 15.1. The van der Waals surface area contributed by atoms with Gasteiger partial charge in [-0.1, -0.05) is 36.4 Å². The van der Waals surface area contributed by atoms with Crippen LogP contribution in [0.15, 0.2) is 42.5 Å². The molecule has 26 heavy (non-hydrogen) atoms. The second-order valence-corrected chi connectivity index (χ2v) is 6.75. The first kappa shape index (κ1) is 18.1. The minimum atomic E-state index is -0.454. The standard InChI is InChI=1S/C20H23N3O3/c1-14-10-11-18(23(25)26)20(15(14)2)21-19(24)13-22-12-6-9-17(22)16-7-4-3-5-8-16/h3-5,7-8,10-11,17H,6,9,12-13H2,1-2H3,(H,21,24)/t17-/m0/s1. The van der Waals surface area contributed by atoms with Gasteiger partial charge in [-0.3, -0.25) is 19.8 Å². The molecule has 136 valence electrons. The Morgan fingerprint density at radius 1 is 1.23 bits per heavy atom. The Kier molecular flexibility index (Phi) is 5.32. The van der Waals surface area contributed by atoms with Crippen LogP contribution in [0.25, 0.3) is 0 Å². The van der Waals surface area contributed by atoms with E-state index in [1.54, 1.807) is 13.0 Å². The minimum absolute atomic E-state index is 0.0671. The molecule has 1 heterocycles. The number of hydrogen-bond acceptors (Lipinski definition) is 4. The highest BCUT2D eigenvalue weighted by atomic mass is 16.6. The van der Waals surface area contributed by atoms with Gasteiger partial charge in [-0.25, -0.2) is 0 Å². The first-order chi connectivity index (χ1) is 12.5. The van der Waals surface area contributed by atoms with E-state index in [2.05, 4.69) is 22.3 Å². The predicted molar refractivity (Wildman–Crippen MR) is 101 cm³/mol. The summed E-state index contributed by atoms with van der Waals surface area (Å²) in [5.41, 5.74) is 3.08. The van der Waals surface area contributed by atoms with E-state index in [9.17, 15) is 14.9 Å². The molecule has 0 bridgehead atoms. The van der Waals surface area contributed by atoms with Gasteiger partial charge < -0.3 is 5.32 Å². The molecule has 2 aromatic rings. The smallest absolute Gasteiger partial charge is 0.293 e. The van der Waals surface area contributed by atoms with E-state index in [0.29, 0.717) is 5.69 Å². The fraction of sp³-hybridized carbons (Fsp3) is 0.350. The summed E-state index contributed by atoms with van der Waals surface area (Å²) in [5.74, 6) is -0.218. The molecular formula is C20H23N3O3. The summed E-state index contributed by atoms with van der Waals surface area (Å²) in [6.45, 7) is 4.74. The molecule has 1 saturated heterocycles. The van der Waals surface area contributed by atoms with Crippen LogP contribution in [0.1, 0.15) is 35.6 Å². The number of nitro groups is 1. The second-order valence-electron chi connectivity index (χ2n) is 6.75. The molecule has 2 aromatic carbocycles. The first-order valence-corrected chi connectivity index (χ1v) is 8.81. The Morgan fingerprint density at radius 3 is 2.65 bits per heavy atom. The van der Waals surface area contributed by atoms with Crippen LogP contribution in [0.3, 0.4) is 0 Å². The molecule has 0 aromatic heterocycles. The minimum Gasteiger partial charge on any atom is -0.319 e. The largest absolute Gasteiger partial charge is 0.319 e. The van der Waals surface area contributed by atoms with E-state index in [1.807, 2.05) is 25.1 Å². The van der Waals surface area contributed by atoms with Crippen molar-refractivity contribution in [3.8, 4) is 0 Å². The Balaban J connectivity index is 1.75. The number of carbonyl (C=O) groups is 1. The van der Waals surface area contributed by atoms with Crippen molar-refractivity contribution in [3.05, 3.63) is 69.3 Å². The highest BCUT2D eigenvalue weighted by Crippen LogP contribution is 2.33. The average Bonchev–Trinajstić information content (AvgIpc) is 3.07. The summed E-state index contributed by atoms with van der Waals surface area (Å²) in [7, 11) is 0. The number of anilines is 1. The van der Waals surface area contributed by atoms with E-state index in [-0.39, 0.29) is 24.2 Å². The van der Waals surface area contributed by atoms with Gasteiger partial charge in [-0.15, -0.1) is 0 Å². The van der Waals surface area contributed by atoms with Gasteiger partial charge in [0.15, 0.2) is 0 Å². The van der Waals surface area contributed by atoms with Crippen LogP contribution >= 0.6 is 0 Å². The normalized spacial score (nSPS) is 17.2. The number of likely N-dealkylation sites (tertiary alicyclic amines) is 1. The third-order valence-corrected chi connectivity index (χ3v) is 5.07. The lowest BCUT2D eigenvalue weighted by molar-refractivity contribution is -0.384. The Hall–Kier alpha value is -2.73. The number of nitrogens with zero attached hydrogens (tertiary/aromatic N) is 2. The number of rotatable bonds is 5. The molecule has 1 fully saturated rings. The van der Waals surface area contributed by atoms with Crippen molar-refractivity contribution in [3.63, 3.8) is 0 Å². The average molecular weight is 353 g/mol. The van der Waals surface area contributed by atoms with Gasteiger partial charge in [0.25, 0.3) is 5.69 Å². The predicted octanol–water partition coefficient (Wildman–Crippen LogP) is 3.99. The van der Waals surface area contributed by atoms with E-state index < -0.39 is 4.92 Å². The summed E-state index contributed by atoms with van der Waals surface area (Å²) in [5, 5.41) is 14.1. The number of nitrogens with one attached hydrogen (secondary N) is 1. The highest BCUT2D eigenvalue weighted by molar-refractivity contribution is 5.95. The third-order valence-electron chi connectivity index (χ3n) is 5.07. The van der Waals surface area contributed by atoms with Crippen molar-refractivity contribution in [1.29, 1.82) is 0 Å². The van der Waals surface area contributed by atoms with Gasteiger partial charge in [-0.05, 0) is 49.9 Å². The number of carbonyl (C=O) groups excluding carboxylic acids is 1. The van der Waals surface area contributed by atoms with Crippen LogP contribution in [0.2, 0.25) is 0 Å². The molecular weight excluding hydrogens is 330 g/mol. The van der Waals surface area contributed by atoms with Crippen LogP contribution in [-0.4, -0.2) is 28.8 Å². The van der Waals surface area contributed by atoms with Crippen LogP contribution < -0.4 is 5.32 Å². The second kappa shape index (κ2) is 7.66. The highest BCUT2D eigenvalue weighted by Gasteiger charge is 2.28. The zero-order chi connectivity index (χ0) is 18.7. The van der Waals surface area contributed by atoms with Gasteiger partial charge in [0.05, 0.1) is 11.5 Å². The van der Waals surface area contributed by atoms with Gasteiger partial charge in [0, 0.05) is 12.1 Å². The van der Waals surface area contributed by atoms with Gasteiger partial charge in [0.2, 0.25) is 5.91 Å². The number of aryl methyl sites for hydroxylation is 1. The Labute approximate surface area is 153 Å². The number of hydrogen-bond donors (Lipinski definition) is 1. The van der Waals surface area contributed by atoms with Crippen molar-refractivity contribution < 1.29 is 9.72 Å². The molecule has 0 saturated carbocycles. The zero-order valence-electron chi connectivity index (χ0n) is 15.1. The molecule has 0 spiro atoms. The molecule has 6 heteroatoms. The van der Waals surface area contributed by atoms with Crippen LogP contribution in [0, 0.1) is 24.0 Å². The van der Waals surface area contributed by atoms with Gasteiger partial charge in [0.1, 0.15) is 5.69 Å². The molecule has 6 nitrogen and oxygen atoms in total. The quantitative estimate of drug-likeness (QED) is 0.651. The molecule has 1 aliphatic heterocycles. The van der Waals surface area contributed by atoms with Crippen LogP contribution in [0.5, 0.6) is 0 Å². The Morgan fingerprint density at radius 2 is 1.96 bits per heavy atom. The summed E-state index contributed by atoms with van der Waals surface area (Å²) in [6, 6.07) is 13.5. The summed E-state index contributed by atoms with van der Waals surface area (Å²) in [4.78, 5) is 25.6. The van der Waals surface area contributed by atoms with Crippen molar-refractivity contribution in [2.45, 2.75) is 32.7 Å². The molecule has 0 unspecified atom stereocenters. The maximum atomic E-state index is 12.6. The van der Waals surface area contributed by atoms with Crippen LogP contribution in [-0.2, 0) is 4.79 Å². The summed E-state index contributed by atoms with van der Waals surface area (Å²) in [6.07, 6.45) is 2.05. The SMILES string of the molecule is Cc1ccc([N+](=O)[O-])c(NC(=O)CN2CCC[C@H]2c2ccccc2)c1C. The summed E-state index contributed by atoms with van der Waals surface area (Å²) < 4.78 is 0. The van der Waals surface area contributed by atoms with Crippen molar-refractivity contribution >= 4 is 17.3 Å². The van der Waals surface area contributed by atoms with Crippen molar-refractivity contribution in [2.75, 3.05) is 18.4 Å². The molecule has 3 rings (SSSR count). The molecule has 1 atom stereocenters. The third kappa shape index (κ3) is 3.75. The first-order valence-electron chi connectivity index (χ1n) is 8.81. The molecule has 0 radical (unpaired) electrons. The number of amides is 1. The topological polar surface area (TPSA) is 75.5 Å². The molecule has 0 aliphatic carbocycles. The lowest BCUT2D eigenvalue weighted by Gasteiger charge is -2.24. The Bertz CT molecular complexity index is 821. The lowest BCUT2D eigenvalue weighted by atomic mass is 10.0. The molecule has 1 N–H and O–H groups in total. The monoisotopic (exact) mass is 353 g/mol. The van der Waals surface area contributed by atoms with E-state index in [4.69, 9.17) is 0 Å². The van der Waals surface area contributed by atoms with Gasteiger partial charge >= 0.3 is 0 Å².